The van der Waals surface area contributed by atoms with E-state index in [0.717, 1.165) is 12.8 Å². The van der Waals surface area contributed by atoms with Crippen molar-refractivity contribution >= 4 is 17.5 Å². The number of ether oxygens (including phenoxy) is 1. The summed E-state index contributed by atoms with van der Waals surface area (Å²) < 4.78 is 6.71. The third kappa shape index (κ3) is 3.88. The Bertz CT molecular complexity index is 527. The number of nitrogens with zero attached hydrogens (tertiary/aromatic N) is 5. The molecule has 0 spiro atoms. The molecule has 8 heteroatoms. The normalized spacial score (nSPS) is 12.3. The van der Waals surface area contributed by atoms with Gasteiger partial charge in [0.1, 0.15) is 0 Å². The first-order valence-electron chi connectivity index (χ1n) is 6.40. The van der Waals surface area contributed by atoms with Gasteiger partial charge in [-0.25, -0.2) is 4.68 Å². The molecule has 2 aromatic rings. The van der Waals surface area contributed by atoms with Crippen LogP contribution in [0.4, 0.5) is 5.95 Å². The largest absolute Gasteiger partial charge is 0.383 e. The fourth-order valence-electron chi connectivity index (χ4n) is 1.82. The number of methoxy groups -OCH3 is 1. The predicted octanol–water partition coefficient (Wildman–Crippen LogP) is 1.94. The molecule has 0 aliphatic rings. The van der Waals surface area contributed by atoms with E-state index in [1.807, 2.05) is 0 Å². The Labute approximate surface area is 122 Å². The number of anilines is 1. The van der Waals surface area contributed by atoms with Crippen molar-refractivity contribution in [1.29, 1.82) is 0 Å². The number of hydrogen-bond acceptors (Lipinski definition) is 6. The highest BCUT2D eigenvalue weighted by atomic mass is 35.5. The molecule has 0 aromatic carbocycles. The molecule has 2 aromatic heterocycles. The first-order chi connectivity index (χ1) is 9.72. The molecule has 1 N–H and O–H groups in total. The summed E-state index contributed by atoms with van der Waals surface area (Å²) in [5.74, 6) is 0.802. The van der Waals surface area contributed by atoms with E-state index in [-0.39, 0.29) is 11.3 Å². The summed E-state index contributed by atoms with van der Waals surface area (Å²) in [4.78, 5) is 12.4. The zero-order valence-corrected chi connectivity index (χ0v) is 12.2. The molecule has 0 saturated heterocycles. The molecule has 0 saturated carbocycles. The molecular formula is C12H17ClN6O. The Morgan fingerprint density at radius 1 is 1.40 bits per heavy atom. The van der Waals surface area contributed by atoms with Crippen LogP contribution >= 0.6 is 11.6 Å². The van der Waals surface area contributed by atoms with Gasteiger partial charge in [0.25, 0.3) is 5.95 Å². The Morgan fingerprint density at radius 2 is 2.25 bits per heavy atom. The lowest BCUT2D eigenvalue weighted by molar-refractivity contribution is 0.182. The third-order valence-electron chi connectivity index (χ3n) is 2.64. The van der Waals surface area contributed by atoms with Gasteiger partial charge < -0.3 is 10.1 Å². The molecule has 7 nitrogen and oxygen atoms in total. The van der Waals surface area contributed by atoms with E-state index in [1.54, 1.807) is 25.6 Å². The first kappa shape index (κ1) is 14.7. The Kier molecular flexibility index (Phi) is 5.25. The lowest BCUT2D eigenvalue weighted by atomic mass is 10.2. The predicted molar refractivity (Wildman–Crippen MR) is 76.2 cm³/mol. The van der Waals surface area contributed by atoms with Crippen molar-refractivity contribution in [3.05, 3.63) is 23.7 Å². The monoisotopic (exact) mass is 296 g/mol. The van der Waals surface area contributed by atoms with E-state index in [4.69, 9.17) is 16.3 Å². The smallest absolute Gasteiger partial charge is 0.256 e. The topological polar surface area (TPSA) is 77.8 Å². The van der Waals surface area contributed by atoms with Crippen LogP contribution in [0.2, 0.25) is 5.28 Å². The maximum absolute atomic E-state index is 5.93. The van der Waals surface area contributed by atoms with Gasteiger partial charge in [0, 0.05) is 19.5 Å². The van der Waals surface area contributed by atoms with Crippen LogP contribution in [0.25, 0.3) is 5.95 Å². The highest BCUT2D eigenvalue weighted by Crippen LogP contribution is 2.11. The Balaban J connectivity index is 2.19. The molecule has 0 fully saturated rings. The second-order valence-electron chi connectivity index (χ2n) is 4.26. The third-order valence-corrected chi connectivity index (χ3v) is 2.81. The second-order valence-corrected chi connectivity index (χ2v) is 4.60. The van der Waals surface area contributed by atoms with Gasteiger partial charge in [-0.15, -0.1) is 0 Å². The van der Waals surface area contributed by atoms with Gasteiger partial charge >= 0.3 is 0 Å². The van der Waals surface area contributed by atoms with Gasteiger partial charge in [-0.3, -0.25) is 0 Å². The quantitative estimate of drug-likeness (QED) is 0.841. The Morgan fingerprint density at radius 3 is 2.90 bits per heavy atom. The lowest BCUT2D eigenvalue weighted by Gasteiger charge is -2.17. The van der Waals surface area contributed by atoms with Crippen LogP contribution in [0.15, 0.2) is 18.5 Å². The molecule has 2 rings (SSSR count). The van der Waals surface area contributed by atoms with Crippen LogP contribution in [0.3, 0.4) is 0 Å². The number of halogens is 1. The molecule has 0 aliphatic carbocycles. The first-order valence-corrected chi connectivity index (χ1v) is 6.77. The van der Waals surface area contributed by atoms with Gasteiger partial charge in [-0.05, 0) is 24.1 Å². The van der Waals surface area contributed by atoms with Gasteiger partial charge in [-0.1, -0.05) is 13.3 Å². The molecule has 1 unspecified atom stereocenters. The number of hydrogen-bond donors (Lipinski definition) is 1. The van der Waals surface area contributed by atoms with Crippen molar-refractivity contribution < 1.29 is 4.74 Å². The fraction of sp³-hybridized carbons (Fsp3) is 0.500. The minimum absolute atomic E-state index is 0.126. The number of rotatable bonds is 7. The minimum atomic E-state index is 0.126. The average molecular weight is 297 g/mol. The van der Waals surface area contributed by atoms with Crippen molar-refractivity contribution in [1.82, 2.24) is 24.7 Å². The van der Waals surface area contributed by atoms with Crippen LogP contribution in [0, 0.1) is 0 Å². The summed E-state index contributed by atoms with van der Waals surface area (Å²) in [5, 5.41) is 7.41. The van der Waals surface area contributed by atoms with Gasteiger partial charge in [0.15, 0.2) is 0 Å². The maximum atomic E-state index is 5.93. The zero-order chi connectivity index (χ0) is 14.4. The molecule has 0 aliphatic heterocycles. The summed E-state index contributed by atoms with van der Waals surface area (Å²) in [6, 6.07) is 1.92. The van der Waals surface area contributed by atoms with Gasteiger partial charge in [-0.2, -0.15) is 20.1 Å². The van der Waals surface area contributed by atoms with Crippen LogP contribution in [0.1, 0.15) is 19.8 Å². The zero-order valence-electron chi connectivity index (χ0n) is 11.5. The highest BCUT2D eigenvalue weighted by molar-refractivity contribution is 6.28. The summed E-state index contributed by atoms with van der Waals surface area (Å²) in [5.41, 5.74) is 0. The van der Waals surface area contributed by atoms with Crippen LogP contribution in [0.5, 0.6) is 0 Å². The molecule has 20 heavy (non-hydrogen) atoms. The van der Waals surface area contributed by atoms with E-state index in [9.17, 15) is 0 Å². The van der Waals surface area contributed by atoms with Crippen LogP contribution in [-0.4, -0.2) is 44.5 Å². The van der Waals surface area contributed by atoms with Crippen LogP contribution < -0.4 is 5.32 Å². The summed E-state index contributed by atoms with van der Waals surface area (Å²) in [6.07, 6.45) is 5.38. The molecule has 2 heterocycles. The standard InChI is InChI=1S/C12H17ClN6O/c1-3-5-9(8-20-2)15-11-16-10(13)17-12(18-11)19-7-4-6-14-19/h4,6-7,9H,3,5,8H2,1-2H3,(H,15,16,17,18). The SMILES string of the molecule is CCCC(COC)Nc1nc(Cl)nc(-n2cccn2)n1. The molecule has 0 bridgehead atoms. The minimum Gasteiger partial charge on any atom is -0.383 e. The highest BCUT2D eigenvalue weighted by Gasteiger charge is 2.12. The van der Waals surface area contributed by atoms with Crippen molar-refractivity contribution in [2.24, 2.45) is 0 Å². The van der Waals surface area contributed by atoms with Gasteiger partial charge in [0.2, 0.25) is 11.2 Å². The maximum Gasteiger partial charge on any atom is 0.256 e. The van der Waals surface area contributed by atoms with E-state index < -0.39 is 0 Å². The van der Waals surface area contributed by atoms with Crippen molar-refractivity contribution in [2.75, 3.05) is 19.0 Å². The molecule has 0 amide bonds. The van der Waals surface area contributed by atoms with Crippen molar-refractivity contribution in [2.45, 2.75) is 25.8 Å². The van der Waals surface area contributed by atoms with Crippen LogP contribution in [-0.2, 0) is 4.74 Å². The van der Waals surface area contributed by atoms with Crippen molar-refractivity contribution in [3.8, 4) is 5.95 Å². The van der Waals surface area contributed by atoms with Crippen molar-refractivity contribution in [3.63, 3.8) is 0 Å². The summed E-state index contributed by atoms with van der Waals surface area (Å²) in [6.45, 7) is 2.69. The molecule has 0 radical (unpaired) electrons. The summed E-state index contributed by atoms with van der Waals surface area (Å²) in [7, 11) is 1.67. The van der Waals surface area contributed by atoms with Gasteiger partial charge in [0.05, 0.1) is 12.6 Å². The molecule has 1 atom stereocenters. The average Bonchev–Trinajstić information content (AvgIpc) is 2.92. The lowest BCUT2D eigenvalue weighted by Crippen LogP contribution is -2.26. The Hall–Kier alpha value is -1.73. The fourth-order valence-corrected chi connectivity index (χ4v) is 1.98. The van der Waals surface area contributed by atoms with E-state index >= 15 is 0 Å². The second kappa shape index (κ2) is 7.16. The number of nitrogens with one attached hydrogen (secondary N) is 1. The molecule has 108 valence electrons. The molecular weight excluding hydrogens is 280 g/mol. The summed E-state index contributed by atoms with van der Waals surface area (Å²) >= 11 is 5.93. The van der Waals surface area contributed by atoms with E-state index in [2.05, 4.69) is 32.3 Å². The number of aromatic nitrogens is 5. The van der Waals surface area contributed by atoms with E-state index in [0.29, 0.717) is 18.5 Å². The van der Waals surface area contributed by atoms with E-state index in [1.165, 1.54) is 4.68 Å².